The summed E-state index contributed by atoms with van der Waals surface area (Å²) in [5, 5.41) is 11.9. The van der Waals surface area contributed by atoms with Gasteiger partial charge < -0.3 is 14.9 Å². The highest BCUT2D eigenvalue weighted by Gasteiger charge is 2.23. The van der Waals surface area contributed by atoms with E-state index in [1.54, 1.807) is 5.38 Å². The van der Waals surface area contributed by atoms with E-state index in [1.807, 2.05) is 0 Å². The van der Waals surface area contributed by atoms with Crippen molar-refractivity contribution >= 4 is 16.5 Å². The molecule has 15 heavy (non-hydrogen) atoms. The molecule has 0 radical (unpaired) electrons. The normalized spacial score (nSPS) is 22.3. The van der Waals surface area contributed by atoms with Gasteiger partial charge in [0.25, 0.3) is 0 Å². The van der Waals surface area contributed by atoms with E-state index in [0.29, 0.717) is 6.04 Å². The molecule has 2 rings (SSSR count). The van der Waals surface area contributed by atoms with Crippen LogP contribution in [0, 0.1) is 0 Å². The molecule has 1 atom stereocenters. The Morgan fingerprint density at radius 3 is 3.00 bits per heavy atom. The third kappa shape index (κ3) is 2.41. The van der Waals surface area contributed by atoms with Crippen LogP contribution < -0.4 is 4.90 Å². The molecule has 1 fully saturated rings. The smallest absolute Gasteiger partial charge is 0.223 e. The van der Waals surface area contributed by atoms with E-state index in [1.165, 1.54) is 24.2 Å². The fourth-order valence-corrected chi connectivity index (χ4v) is 2.68. The molecule has 0 bridgehead atoms. The van der Waals surface area contributed by atoms with Crippen LogP contribution in [0.25, 0.3) is 0 Å². The van der Waals surface area contributed by atoms with Gasteiger partial charge in [-0.2, -0.15) is 4.98 Å². The van der Waals surface area contributed by atoms with Crippen LogP contribution in [0.15, 0.2) is 5.38 Å². The molecule has 1 saturated heterocycles. The Morgan fingerprint density at radius 2 is 2.40 bits per heavy atom. The van der Waals surface area contributed by atoms with Crippen molar-refractivity contribution < 1.29 is 5.11 Å². The number of thiazole rings is 1. The number of hydrogen-bond donors (Lipinski definition) is 1. The zero-order chi connectivity index (χ0) is 10.8. The Morgan fingerprint density at radius 1 is 1.60 bits per heavy atom. The van der Waals surface area contributed by atoms with E-state index in [4.69, 9.17) is 0 Å². The minimum absolute atomic E-state index is 0.141. The lowest BCUT2D eigenvalue weighted by Crippen LogP contribution is -2.45. The molecule has 1 aliphatic heterocycles. The van der Waals surface area contributed by atoms with Gasteiger partial charge in [-0.15, -0.1) is 11.3 Å². The lowest BCUT2D eigenvalue weighted by Gasteiger charge is -2.35. The number of rotatable bonds is 2. The Hall–Kier alpha value is -0.810. The molecule has 0 saturated carbocycles. The lowest BCUT2D eigenvalue weighted by atomic mass is 10.1. The van der Waals surface area contributed by atoms with Crippen LogP contribution in [0.3, 0.4) is 0 Å². The predicted molar refractivity (Wildman–Crippen MR) is 62.7 cm³/mol. The number of anilines is 1. The van der Waals surface area contributed by atoms with Crippen LogP contribution in [-0.2, 0) is 0 Å². The highest BCUT2D eigenvalue weighted by atomic mass is 32.1. The summed E-state index contributed by atoms with van der Waals surface area (Å²) in [5.41, 5.74) is 0. The van der Waals surface area contributed by atoms with E-state index in [9.17, 15) is 5.11 Å². The van der Waals surface area contributed by atoms with Crippen LogP contribution in [0.2, 0.25) is 0 Å². The Kier molecular flexibility index (Phi) is 3.11. The summed E-state index contributed by atoms with van der Waals surface area (Å²) < 4.78 is 0. The molecule has 1 unspecified atom stereocenters. The maximum Gasteiger partial charge on any atom is 0.223 e. The minimum Gasteiger partial charge on any atom is -0.493 e. The Balaban J connectivity index is 2.04. The van der Waals surface area contributed by atoms with Crippen LogP contribution in [0.4, 0.5) is 5.13 Å². The van der Waals surface area contributed by atoms with Crippen LogP contribution in [-0.4, -0.2) is 48.2 Å². The first kappa shape index (κ1) is 10.7. The van der Waals surface area contributed by atoms with E-state index < -0.39 is 0 Å². The van der Waals surface area contributed by atoms with Gasteiger partial charge >= 0.3 is 0 Å². The molecule has 2 heterocycles. The van der Waals surface area contributed by atoms with Gasteiger partial charge in [-0.25, -0.2) is 0 Å². The van der Waals surface area contributed by atoms with Crippen LogP contribution >= 0.6 is 11.3 Å². The number of hydrogen-bond acceptors (Lipinski definition) is 5. The average Bonchev–Trinajstić information content (AvgIpc) is 2.65. The van der Waals surface area contributed by atoms with Crippen molar-refractivity contribution in [3.05, 3.63) is 5.38 Å². The minimum atomic E-state index is 0.141. The van der Waals surface area contributed by atoms with Crippen molar-refractivity contribution in [2.75, 3.05) is 32.1 Å². The van der Waals surface area contributed by atoms with Crippen molar-refractivity contribution in [1.82, 2.24) is 9.88 Å². The first-order valence-electron chi connectivity index (χ1n) is 5.22. The summed E-state index contributed by atoms with van der Waals surface area (Å²) in [6.45, 7) is 2.07. The first-order chi connectivity index (χ1) is 7.16. The second kappa shape index (κ2) is 4.37. The van der Waals surface area contributed by atoms with Crippen LogP contribution in [0.1, 0.15) is 12.8 Å². The summed E-state index contributed by atoms with van der Waals surface area (Å²) in [6.07, 6.45) is 2.45. The zero-order valence-corrected chi connectivity index (χ0v) is 10.00. The first-order valence-corrected chi connectivity index (χ1v) is 6.10. The molecule has 0 aromatic carbocycles. The maximum absolute atomic E-state index is 9.22. The summed E-state index contributed by atoms with van der Waals surface area (Å²) >= 11 is 1.52. The molecule has 1 aromatic heterocycles. The van der Waals surface area contributed by atoms with Gasteiger partial charge in [-0.05, 0) is 26.9 Å². The standard InChI is InChI=1S/C10H17N3OS/c1-12(2)8-4-3-5-13(6-8)10-11-9(14)7-15-10/h7-8,14H,3-6H2,1-2H3. The average molecular weight is 227 g/mol. The lowest BCUT2D eigenvalue weighted by molar-refractivity contribution is 0.258. The number of nitrogens with zero attached hydrogens (tertiary/aromatic N) is 3. The second-order valence-corrected chi connectivity index (χ2v) is 5.03. The topological polar surface area (TPSA) is 39.6 Å². The van der Waals surface area contributed by atoms with Crippen molar-refractivity contribution in [2.45, 2.75) is 18.9 Å². The summed E-state index contributed by atoms with van der Waals surface area (Å²) in [6, 6.07) is 0.602. The van der Waals surface area contributed by atoms with Gasteiger partial charge in [0.2, 0.25) is 5.88 Å². The molecular formula is C10H17N3OS. The molecule has 1 N–H and O–H groups in total. The Bertz CT molecular complexity index is 326. The van der Waals surface area contributed by atoms with Gasteiger partial charge in [-0.3, -0.25) is 0 Å². The highest BCUT2D eigenvalue weighted by Crippen LogP contribution is 2.27. The third-order valence-electron chi connectivity index (χ3n) is 2.88. The van der Waals surface area contributed by atoms with E-state index in [0.717, 1.165) is 18.2 Å². The summed E-state index contributed by atoms with van der Waals surface area (Å²) in [7, 11) is 4.24. The van der Waals surface area contributed by atoms with Crippen molar-refractivity contribution in [1.29, 1.82) is 0 Å². The van der Waals surface area contributed by atoms with E-state index in [-0.39, 0.29) is 5.88 Å². The van der Waals surface area contributed by atoms with Crippen molar-refractivity contribution in [2.24, 2.45) is 0 Å². The molecule has 0 aliphatic carbocycles. The summed E-state index contributed by atoms with van der Waals surface area (Å²) in [4.78, 5) is 8.64. The van der Waals surface area contributed by atoms with E-state index >= 15 is 0 Å². The van der Waals surface area contributed by atoms with E-state index in [2.05, 4.69) is 28.9 Å². The SMILES string of the molecule is CN(C)C1CCCN(c2nc(O)cs2)C1. The zero-order valence-electron chi connectivity index (χ0n) is 9.18. The predicted octanol–water partition coefficient (Wildman–Crippen LogP) is 1.38. The van der Waals surface area contributed by atoms with Crippen LogP contribution in [0.5, 0.6) is 5.88 Å². The second-order valence-electron chi connectivity index (χ2n) is 4.19. The molecule has 5 heteroatoms. The van der Waals surface area contributed by atoms with Gasteiger partial charge in [-0.1, -0.05) is 0 Å². The fourth-order valence-electron chi connectivity index (χ4n) is 1.95. The maximum atomic E-state index is 9.22. The number of aromatic hydroxyl groups is 1. The molecule has 84 valence electrons. The van der Waals surface area contributed by atoms with Gasteiger partial charge in [0.05, 0.1) is 5.38 Å². The fraction of sp³-hybridized carbons (Fsp3) is 0.700. The molecule has 0 amide bonds. The third-order valence-corrected chi connectivity index (χ3v) is 3.77. The number of piperidine rings is 1. The van der Waals surface area contributed by atoms with Crippen molar-refractivity contribution in [3.8, 4) is 5.88 Å². The molecule has 0 spiro atoms. The largest absolute Gasteiger partial charge is 0.493 e. The highest BCUT2D eigenvalue weighted by molar-refractivity contribution is 7.13. The number of aromatic nitrogens is 1. The van der Waals surface area contributed by atoms with Gasteiger partial charge in [0, 0.05) is 19.1 Å². The number of likely N-dealkylation sites (N-methyl/N-ethyl adjacent to an activating group) is 1. The molecule has 1 aliphatic rings. The van der Waals surface area contributed by atoms with Crippen molar-refractivity contribution in [3.63, 3.8) is 0 Å². The molecular weight excluding hydrogens is 210 g/mol. The Labute approximate surface area is 94.2 Å². The van der Waals surface area contributed by atoms with Gasteiger partial charge in [0.15, 0.2) is 5.13 Å². The van der Waals surface area contributed by atoms with Gasteiger partial charge in [0.1, 0.15) is 0 Å². The molecule has 4 nitrogen and oxygen atoms in total. The monoisotopic (exact) mass is 227 g/mol. The summed E-state index contributed by atoms with van der Waals surface area (Å²) in [5.74, 6) is 0.141. The quantitative estimate of drug-likeness (QED) is 0.828. The molecule has 1 aromatic rings.